The number of hydrogen-bond acceptors (Lipinski definition) is 5. The van der Waals surface area contributed by atoms with E-state index in [2.05, 4.69) is 4.74 Å². The van der Waals surface area contributed by atoms with E-state index in [4.69, 9.17) is 0 Å². The Morgan fingerprint density at radius 1 is 1.58 bits per heavy atom. The van der Waals surface area contributed by atoms with Gasteiger partial charge in [-0.05, 0) is 17.4 Å². The second-order valence-corrected chi connectivity index (χ2v) is 3.46. The predicted octanol–water partition coefficient (Wildman–Crippen LogP) is 1.33. The number of halogens is 2. The van der Waals surface area contributed by atoms with Gasteiger partial charge in [0.25, 0.3) is 6.43 Å². The van der Waals surface area contributed by atoms with Crippen LogP contribution in [0.4, 0.5) is 14.6 Å². The third kappa shape index (κ3) is 3.57. The summed E-state index contributed by atoms with van der Waals surface area (Å²) in [6.07, 6.45) is -3.82. The SMILES string of the molecule is CCOC(=O)Cc1cc(=O)[nH]c([N+](=O)[O-])c1C(F)F. The van der Waals surface area contributed by atoms with Crippen molar-refractivity contribution in [3.05, 3.63) is 37.7 Å². The lowest BCUT2D eigenvalue weighted by Gasteiger charge is -2.08. The van der Waals surface area contributed by atoms with E-state index in [-0.39, 0.29) is 6.61 Å². The van der Waals surface area contributed by atoms with E-state index in [1.54, 1.807) is 4.98 Å². The lowest BCUT2D eigenvalue weighted by Crippen LogP contribution is -2.17. The van der Waals surface area contributed by atoms with Gasteiger partial charge in [-0.15, -0.1) is 0 Å². The average Bonchev–Trinajstić information content (AvgIpc) is 2.27. The summed E-state index contributed by atoms with van der Waals surface area (Å²) in [6, 6.07) is 0.728. The number of ether oxygens (including phenoxy) is 1. The first-order valence-corrected chi connectivity index (χ1v) is 5.21. The first kappa shape index (κ1) is 14.7. The molecular formula is C10H10F2N2O5. The first-order chi connectivity index (χ1) is 8.86. The first-order valence-electron chi connectivity index (χ1n) is 5.21. The Labute approximate surface area is 105 Å². The van der Waals surface area contributed by atoms with Gasteiger partial charge in [-0.1, -0.05) is 0 Å². The van der Waals surface area contributed by atoms with Crippen LogP contribution in [0.15, 0.2) is 10.9 Å². The Morgan fingerprint density at radius 2 is 2.21 bits per heavy atom. The number of H-pyrrole nitrogens is 1. The number of carbonyl (C=O) groups is 1. The number of hydrogen-bond donors (Lipinski definition) is 1. The number of aromatic nitrogens is 1. The number of nitro groups is 1. The Hall–Kier alpha value is -2.32. The molecule has 1 aromatic rings. The van der Waals surface area contributed by atoms with Crippen molar-refractivity contribution in [2.24, 2.45) is 0 Å². The molecule has 0 saturated carbocycles. The molecule has 0 aliphatic carbocycles. The van der Waals surface area contributed by atoms with Crippen LogP contribution in [0, 0.1) is 10.1 Å². The highest BCUT2D eigenvalue weighted by Crippen LogP contribution is 2.29. The fourth-order valence-electron chi connectivity index (χ4n) is 1.51. The maximum absolute atomic E-state index is 12.8. The molecule has 0 spiro atoms. The van der Waals surface area contributed by atoms with Gasteiger partial charge in [0.2, 0.25) is 0 Å². The minimum Gasteiger partial charge on any atom is -0.466 e. The Bertz CT molecular complexity index is 555. The van der Waals surface area contributed by atoms with Crippen LogP contribution in [0.3, 0.4) is 0 Å². The molecule has 7 nitrogen and oxygen atoms in total. The third-order valence-corrected chi connectivity index (χ3v) is 2.19. The third-order valence-electron chi connectivity index (χ3n) is 2.19. The Balaban J connectivity index is 3.32. The molecule has 19 heavy (non-hydrogen) atoms. The van der Waals surface area contributed by atoms with Crippen LogP contribution in [0.25, 0.3) is 0 Å². The van der Waals surface area contributed by atoms with Crippen LogP contribution in [0.2, 0.25) is 0 Å². The number of carbonyl (C=O) groups excluding carboxylic acids is 1. The summed E-state index contributed by atoms with van der Waals surface area (Å²) in [5.41, 5.74) is -2.32. The highest BCUT2D eigenvalue weighted by molar-refractivity contribution is 5.73. The quantitative estimate of drug-likeness (QED) is 0.496. The highest BCUT2D eigenvalue weighted by atomic mass is 19.3. The van der Waals surface area contributed by atoms with E-state index >= 15 is 0 Å². The summed E-state index contributed by atoms with van der Waals surface area (Å²) in [5, 5.41) is 10.6. The molecule has 9 heteroatoms. The monoisotopic (exact) mass is 276 g/mol. The Morgan fingerprint density at radius 3 is 2.68 bits per heavy atom. The lowest BCUT2D eigenvalue weighted by molar-refractivity contribution is -0.391. The highest BCUT2D eigenvalue weighted by Gasteiger charge is 2.27. The van der Waals surface area contributed by atoms with Crippen LogP contribution in [0.5, 0.6) is 0 Å². The second-order valence-electron chi connectivity index (χ2n) is 3.46. The van der Waals surface area contributed by atoms with E-state index in [9.17, 15) is 28.5 Å². The molecule has 1 heterocycles. The molecule has 104 valence electrons. The van der Waals surface area contributed by atoms with Crippen LogP contribution in [0.1, 0.15) is 24.5 Å². The van der Waals surface area contributed by atoms with E-state index in [0.29, 0.717) is 0 Å². The number of aromatic amines is 1. The van der Waals surface area contributed by atoms with Crippen LogP contribution in [-0.4, -0.2) is 22.5 Å². The van der Waals surface area contributed by atoms with Gasteiger partial charge in [-0.2, -0.15) is 0 Å². The molecule has 0 fully saturated rings. The summed E-state index contributed by atoms with van der Waals surface area (Å²) >= 11 is 0. The maximum atomic E-state index is 12.8. The van der Waals surface area contributed by atoms with Gasteiger partial charge in [0.1, 0.15) is 5.56 Å². The van der Waals surface area contributed by atoms with Crippen molar-refractivity contribution >= 4 is 11.8 Å². The molecule has 1 aromatic heterocycles. The number of alkyl halides is 2. The van der Waals surface area contributed by atoms with Crippen molar-refractivity contribution in [1.29, 1.82) is 0 Å². The molecule has 0 radical (unpaired) electrons. The van der Waals surface area contributed by atoms with Crippen molar-refractivity contribution in [3.63, 3.8) is 0 Å². The number of nitrogens with zero attached hydrogens (tertiary/aromatic N) is 1. The minimum atomic E-state index is -3.19. The molecule has 0 saturated heterocycles. The molecule has 0 amide bonds. The maximum Gasteiger partial charge on any atom is 0.333 e. The Kier molecular flexibility index (Phi) is 4.67. The summed E-state index contributed by atoms with van der Waals surface area (Å²) in [7, 11) is 0. The van der Waals surface area contributed by atoms with E-state index < -0.39 is 46.2 Å². The van der Waals surface area contributed by atoms with Gasteiger partial charge in [0.05, 0.1) is 13.0 Å². The van der Waals surface area contributed by atoms with E-state index in [1.165, 1.54) is 6.92 Å². The van der Waals surface area contributed by atoms with Crippen molar-refractivity contribution in [2.75, 3.05) is 6.61 Å². The van der Waals surface area contributed by atoms with Gasteiger partial charge >= 0.3 is 17.3 Å². The minimum absolute atomic E-state index is 0.0358. The van der Waals surface area contributed by atoms with Gasteiger partial charge in [0.15, 0.2) is 0 Å². The topological polar surface area (TPSA) is 102 Å². The normalized spacial score (nSPS) is 10.5. The summed E-state index contributed by atoms with van der Waals surface area (Å²) in [6.45, 7) is 1.56. The van der Waals surface area contributed by atoms with E-state index in [0.717, 1.165) is 6.07 Å². The van der Waals surface area contributed by atoms with E-state index in [1.807, 2.05) is 0 Å². The fraction of sp³-hybridized carbons (Fsp3) is 0.400. The standard InChI is InChI=1S/C10H10F2N2O5/c1-2-19-7(16)4-5-3-6(15)13-10(14(17)18)8(5)9(11)12/h3,9H,2,4H2,1H3,(H,13,15). The zero-order chi connectivity index (χ0) is 14.6. The molecule has 0 unspecified atom stereocenters. The number of rotatable bonds is 5. The summed E-state index contributed by atoms with van der Waals surface area (Å²) in [5.74, 6) is -1.95. The van der Waals surface area contributed by atoms with Crippen molar-refractivity contribution in [1.82, 2.24) is 4.98 Å². The molecule has 0 aliphatic rings. The largest absolute Gasteiger partial charge is 0.466 e. The number of nitrogens with one attached hydrogen (secondary N) is 1. The van der Waals surface area contributed by atoms with Gasteiger partial charge < -0.3 is 14.9 Å². The molecule has 0 atom stereocenters. The van der Waals surface area contributed by atoms with Crippen LogP contribution >= 0.6 is 0 Å². The predicted molar refractivity (Wildman–Crippen MR) is 59.0 cm³/mol. The van der Waals surface area contributed by atoms with Crippen molar-refractivity contribution in [2.45, 2.75) is 19.8 Å². The molecule has 1 rings (SSSR count). The molecule has 0 aromatic carbocycles. The smallest absolute Gasteiger partial charge is 0.333 e. The zero-order valence-electron chi connectivity index (χ0n) is 9.81. The second kappa shape index (κ2) is 6.03. The van der Waals surface area contributed by atoms with Gasteiger partial charge in [-0.25, -0.2) is 18.6 Å². The molecule has 0 bridgehead atoms. The zero-order valence-corrected chi connectivity index (χ0v) is 9.81. The lowest BCUT2D eigenvalue weighted by atomic mass is 10.1. The van der Waals surface area contributed by atoms with Crippen molar-refractivity contribution in [3.8, 4) is 0 Å². The van der Waals surface area contributed by atoms with Gasteiger partial charge in [0, 0.05) is 6.07 Å². The van der Waals surface area contributed by atoms with Gasteiger partial charge in [-0.3, -0.25) is 4.79 Å². The fourth-order valence-corrected chi connectivity index (χ4v) is 1.51. The number of pyridine rings is 1. The molecular weight excluding hydrogens is 266 g/mol. The average molecular weight is 276 g/mol. The van der Waals surface area contributed by atoms with Crippen molar-refractivity contribution < 1.29 is 23.2 Å². The number of esters is 1. The van der Waals surface area contributed by atoms with Crippen LogP contribution < -0.4 is 5.56 Å². The summed E-state index contributed by atoms with van der Waals surface area (Å²) < 4.78 is 30.2. The van der Waals surface area contributed by atoms with Crippen LogP contribution in [-0.2, 0) is 16.0 Å². The summed E-state index contributed by atoms with van der Waals surface area (Å²) in [4.78, 5) is 33.6. The molecule has 0 aliphatic heterocycles. The molecule has 1 N–H and O–H groups in total.